The molecule has 0 aliphatic heterocycles. The SMILES string of the molecule is CC1=CCCC=C1c1ccc(N(c2ccc3c(c2)C2(CCCC2)c2ccccc2-3)c2ccc3c(c2)C2(c4ccccc4-c4ccccc42)c2ccccc2-3)cc1C. The lowest BCUT2D eigenvalue weighted by atomic mass is 9.70. The van der Waals surface area contributed by atoms with E-state index in [4.69, 9.17) is 0 Å². The Labute approximate surface area is 336 Å². The second kappa shape index (κ2) is 12.2. The van der Waals surface area contributed by atoms with Crippen LogP contribution in [-0.4, -0.2) is 0 Å². The molecule has 7 aromatic carbocycles. The minimum absolute atomic E-state index is 0.0889. The Morgan fingerprint density at radius 1 is 0.404 bits per heavy atom. The van der Waals surface area contributed by atoms with Gasteiger partial charge in [-0.15, -0.1) is 0 Å². The second-order valence-corrected chi connectivity index (χ2v) is 17.1. The predicted octanol–water partition coefficient (Wildman–Crippen LogP) is 14.8. The molecule has 1 nitrogen and oxygen atoms in total. The first-order valence-electron chi connectivity index (χ1n) is 21.0. The van der Waals surface area contributed by atoms with Crippen LogP contribution < -0.4 is 4.90 Å². The van der Waals surface area contributed by atoms with E-state index >= 15 is 0 Å². The standard InChI is InChI=1S/C56H45N/c1-36-15-3-4-16-41(36)42-28-25-38(33-37(42)2)57(39-26-29-47-43-17-5-9-21-49(43)55(53(47)34-39)31-13-14-32-55)40-27-30-48-46-20-8-12-24-52(46)56(54(48)35-40)50-22-10-6-18-44(50)45-19-7-11-23-51(45)56/h5-12,15-30,33-35H,3-4,13-14,31-32H2,1-2H3. The Morgan fingerprint density at radius 2 is 0.842 bits per heavy atom. The van der Waals surface area contributed by atoms with Crippen molar-refractivity contribution in [3.8, 4) is 33.4 Å². The normalized spacial score (nSPS) is 17.0. The molecule has 0 bridgehead atoms. The van der Waals surface area contributed by atoms with Crippen LogP contribution in [0.4, 0.5) is 17.1 Å². The first-order valence-corrected chi connectivity index (χ1v) is 21.0. The molecule has 0 unspecified atom stereocenters. The molecule has 57 heavy (non-hydrogen) atoms. The van der Waals surface area contributed by atoms with E-state index in [1.807, 2.05) is 0 Å². The molecule has 5 aliphatic rings. The van der Waals surface area contributed by atoms with Crippen LogP contribution in [-0.2, 0) is 10.8 Å². The van der Waals surface area contributed by atoms with E-state index < -0.39 is 5.41 Å². The van der Waals surface area contributed by atoms with E-state index in [9.17, 15) is 0 Å². The van der Waals surface area contributed by atoms with E-state index in [1.165, 1.54) is 132 Å². The summed E-state index contributed by atoms with van der Waals surface area (Å²) < 4.78 is 0. The van der Waals surface area contributed by atoms with Crippen molar-refractivity contribution in [2.75, 3.05) is 4.90 Å². The van der Waals surface area contributed by atoms with Crippen molar-refractivity contribution in [3.05, 3.63) is 214 Å². The van der Waals surface area contributed by atoms with Crippen LogP contribution in [0.3, 0.4) is 0 Å². The predicted molar refractivity (Wildman–Crippen MR) is 238 cm³/mol. The Kier molecular flexibility index (Phi) is 7.04. The van der Waals surface area contributed by atoms with Crippen molar-refractivity contribution < 1.29 is 0 Å². The van der Waals surface area contributed by atoms with Crippen LogP contribution in [0.5, 0.6) is 0 Å². The fourth-order valence-corrected chi connectivity index (χ4v) is 12.0. The summed E-state index contributed by atoms with van der Waals surface area (Å²) in [5.74, 6) is 0. The number of allylic oxidation sites excluding steroid dienone is 4. The van der Waals surface area contributed by atoms with Crippen molar-refractivity contribution in [3.63, 3.8) is 0 Å². The lowest BCUT2D eigenvalue weighted by Crippen LogP contribution is -2.26. The highest BCUT2D eigenvalue weighted by Crippen LogP contribution is 2.64. The molecule has 1 heteroatoms. The third-order valence-electron chi connectivity index (χ3n) is 14.4. The molecule has 12 rings (SSSR count). The summed E-state index contributed by atoms with van der Waals surface area (Å²) >= 11 is 0. The third kappa shape index (κ3) is 4.40. The summed E-state index contributed by atoms with van der Waals surface area (Å²) in [4.78, 5) is 2.56. The highest BCUT2D eigenvalue weighted by molar-refractivity contribution is 5.97. The molecule has 2 spiro atoms. The van der Waals surface area contributed by atoms with Gasteiger partial charge in [0, 0.05) is 22.5 Å². The molecule has 0 amide bonds. The van der Waals surface area contributed by atoms with Gasteiger partial charge in [-0.05, 0) is 165 Å². The maximum absolute atomic E-state index is 2.57. The van der Waals surface area contributed by atoms with Crippen LogP contribution in [0.2, 0.25) is 0 Å². The fourth-order valence-electron chi connectivity index (χ4n) is 12.0. The van der Waals surface area contributed by atoms with Crippen LogP contribution in [0.15, 0.2) is 169 Å². The van der Waals surface area contributed by atoms with Crippen LogP contribution in [0.25, 0.3) is 39.0 Å². The molecule has 0 saturated heterocycles. The van der Waals surface area contributed by atoms with Crippen molar-refractivity contribution in [1.29, 1.82) is 0 Å². The smallest absolute Gasteiger partial charge is 0.0726 e. The van der Waals surface area contributed by atoms with Gasteiger partial charge in [0.05, 0.1) is 5.41 Å². The molecule has 0 radical (unpaired) electrons. The lowest BCUT2D eigenvalue weighted by molar-refractivity contribution is 0.550. The monoisotopic (exact) mass is 731 g/mol. The van der Waals surface area contributed by atoms with Crippen molar-refractivity contribution in [2.45, 2.75) is 63.2 Å². The van der Waals surface area contributed by atoms with Crippen molar-refractivity contribution in [1.82, 2.24) is 0 Å². The molecule has 7 aromatic rings. The topological polar surface area (TPSA) is 3.24 Å². The zero-order valence-electron chi connectivity index (χ0n) is 32.8. The maximum atomic E-state index is 2.57. The minimum Gasteiger partial charge on any atom is -0.310 e. The Hall–Kier alpha value is -6.18. The molecule has 0 N–H and O–H groups in total. The lowest BCUT2D eigenvalue weighted by Gasteiger charge is -2.33. The van der Waals surface area contributed by atoms with E-state index in [1.54, 1.807) is 0 Å². The Balaban J connectivity index is 1.10. The first kappa shape index (κ1) is 33.0. The molecule has 0 atom stereocenters. The molecule has 5 aliphatic carbocycles. The van der Waals surface area contributed by atoms with Gasteiger partial charge in [-0.1, -0.05) is 140 Å². The second-order valence-electron chi connectivity index (χ2n) is 17.1. The number of hydrogen-bond acceptors (Lipinski definition) is 1. The summed E-state index contributed by atoms with van der Waals surface area (Å²) in [6, 6.07) is 58.6. The number of rotatable bonds is 4. The number of fused-ring (bicyclic) bond motifs is 15. The summed E-state index contributed by atoms with van der Waals surface area (Å²) in [5, 5.41) is 0. The number of aryl methyl sites for hydroxylation is 1. The summed E-state index contributed by atoms with van der Waals surface area (Å²) in [7, 11) is 0. The van der Waals surface area contributed by atoms with Crippen molar-refractivity contribution in [2.24, 2.45) is 0 Å². The molecule has 1 saturated carbocycles. The quantitative estimate of drug-likeness (QED) is 0.174. The van der Waals surface area contributed by atoms with Gasteiger partial charge >= 0.3 is 0 Å². The number of anilines is 3. The van der Waals surface area contributed by atoms with E-state index in [0.717, 1.165) is 12.8 Å². The van der Waals surface area contributed by atoms with Crippen LogP contribution in [0.1, 0.15) is 90.0 Å². The average molecular weight is 732 g/mol. The van der Waals surface area contributed by atoms with Gasteiger partial charge in [-0.25, -0.2) is 0 Å². The zero-order valence-corrected chi connectivity index (χ0v) is 32.8. The average Bonchev–Trinajstić information content (AvgIpc) is 4.01. The van der Waals surface area contributed by atoms with Gasteiger partial charge < -0.3 is 4.90 Å². The fraction of sp³-hybridized carbons (Fsp3) is 0.179. The van der Waals surface area contributed by atoms with E-state index in [0.29, 0.717) is 0 Å². The number of nitrogens with zero attached hydrogens (tertiary/aromatic N) is 1. The van der Waals surface area contributed by atoms with Crippen LogP contribution in [0, 0.1) is 6.92 Å². The number of benzene rings is 7. The molecular weight excluding hydrogens is 687 g/mol. The largest absolute Gasteiger partial charge is 0.310 e. The molecule has 274 valence electrons. The van der Waals surface area contributed by atoms with Gasteiger partial charge in [-0.3, -0.25) is 0 Å². The third-order valence-corrected chi connectivity index (χ3v) is 14.4. The van der Waals surface area contributed by atoms with Crippen LogP contribution >= 0.6 is 0 Å². The zero-order chi connectivity index (χ0) is 37.9. The maximum Gasteiger partial charge on any atom is 0.0726 e. The molecule has 0 heterocycles. The van der Waals surface area contributed by atoms with Gasteiger partial charge in [0.1, 0.15) is 0 Å². The summed E-state index contributed by atoms with van der Waals surface area (Å²) in [6.07, 6.45) is 12.1. The minimum atomic E-state index is -0.397. The van der Waals surface area contributed by atoms with Crippen molar-refractivity contribution >= 4 is 22.6 Å². The highest BCUT2D eigenvalue weighted by Gasteiger charge is 2.52. The van der Waals surface area contributed by atoms with Gasteiger partial charge in [-0.2, -0.15) is 0 Å². The first-order chi connectivity index (χ1) is 28.1. The Morgan fingerprint density at radius 3 is 1.40 bits per heavy atom. The van der Waals surface area contributed by atoms with E-state index in [-0.39, 0.29) is 5.41 Å². The Bertz CT molecular complexity index is 2830. The molecule has 0 aromatic heterocycles. The molecular formula is C56H45N. The summed E-state index contributed by atoms with van der Waals surface area (Å²) in [5.41, 5.74) is 25.4. The van der Waals surface area contributed by atoms with Gasteiger partial charge in [0.15, 0.2) is 0 Å². The number of hydrogen-bond donors (Lipinski definition) is 0. The van der Waals surface area contributed by atoms with Gasteiger partial charge in [0.2, 0.25) is 0 Å². The highest BCUT2D eigenvalue weighted by atomic mass is 15.1. The van der Waals surface area contributed by atoms with E-state index in [2.05, 4.69) is 183 Å². The summed E-state index contributed by atoms with van der Waals surface area (Å²) in [6.45, 7) is 4.57. The molecule has 1 fully saturated rings. The van der Waals surface area contributed by atoms with Gasteiger partial charge in [0.25, 0.3) is 0 Å².